The summed E-state index contributed by atoms with van der Waals surface area (Å²) >= 11 is 0. The fourth-order valence-corrected chi connectivity index (χ4v) is 1.00. The summed E-state index contributed by atoms with van der Waals surface area (Å²) in [5, 5.41) is 2.57. The van der Waals surface area contributed by atoms with Crippen LogP contribution < -0.4 is 10.1 Å². The molecule has 1 rings (SSSR count). The summed E-state index contributed by atoms with van der Waals surface area (Å²) in [4.78, 5) is 10.6. The average molecular weight is 191 g/mol. The van der Waals surface area contributed by atoms with Gasteiger partial charge >= 0.3 is 0 Å². The van der Waals surface area contributed by atoms with E-state index in [1.165, 1.54) is 6.92 Å². The first kappa shape index (κ1) is 10.3. The molecule has 74 valence electrons. The molecular formula is C11H13NO2. The minimum Gasteiger partial charge on any atom is -0.497 e. The monoisotopic (exact) mass is 191 g/mol. The third-order valence-electron chi connectivity index (χ3n) is 1.66. The lowest BCUT2D eigenvalue weighted by atomic mass is 10.2. The Hall–Kier alpha value is -1.77. The molecule has 1 N–H and O–H groups in total. The minimum absolute atomic E-state index is 0.0795. The van der Waals surface area contributed by atoms with Crippen molar-refractivity contribution >= 4 is 12.0 Å². The molecule has 3 nitrogen and oxygen atoms in total. The molecule has 0 saturated carbocycles. The van der Waals surface area contributed by atoms with Crippen molar-refractivity contribution < 1.29 is 9.53 Å². The number of amides is 1. The van der Waals surface area contributed by atoms with Crippen molar-refractivity contribution in [1.29, 1.82) is 0 Å². The third-order valence-corrected chi connectivity index (χ3v) is 1.66. The molecular weight excluding hydrogens is 178 g/mol. The van der Waals surface area contributed by atoms with E-state index in [0.29, 0.717) is 0 Å². The molecule has 0 atom stereocenters. The van der Waals surface area contributed by atoms with E-state index in [2.05, 4.69) is 5.32 Å². The topological polar surface area (TPSA) is 38.3 Å². The summed E-state index contributed by atoms with van der Waals surface area (Å²) < 4.78 is 5.06. The molecule has 0 aliphatic heterocycles. The molecule has 3 heteroatoms. The summed E-state index contributed by atoms with van der Waals surface area (Å²) in [6, 6.07) is 7.58. The van der Waals surface area contributed by atoms with Crippen LogP contribution in [0.15, 0.2) is 30.5 Å². The maximum Gasteiger partial charge on any atom is 0.220 e. The van der Waals surface area contributed by atoms with Crippen molar-refractivity contribution in [3.8, 4) is 5.75 Å². The quantitative estimate of drug-likeness (QED) is 0.791. The van der Waals surface area contributed by atoms with Gasteiger partial charge in [-0.05, 0) is 23.8 Å². The summed E-state index contributed by atoms with van der Waals surface area (Å²) in [5.41, 5.74) is 0.984. The summed E-state index contributed by atoms with van der Waals surface area (Å²) in [7, 11) is 1.62. The highest BCUT2D eigenvalue weighted by Crippen LogP contribution is 2.13. The maximum atomic E-state index is 10.6. The first-order chi connectivity index (χ1) is 6.72. The van der Waals surface area contributed by atoms with Gasteiger partial charge in [-0.1, -0.05) is 12.1 Å². The Balaban J connectivity index is 2.66. The molecule has 0 fully saturated rings. The summed E-state index contributed by atoms with van der Waals surface area (Å²) in [5.74, 6) is 0.721. The number of methoxy groups -OCH3 is 1. The molecule has 0 radical (unpaired) electrons. The van der Waals surface area contributed by atoms with Gasteiger partial charge in [-0.15, -0.1) is 0 Å². The van der Waals surface area contributed by atoms with Gasteiger partial charge < -0.3 is 10.1 Å². The van der Waals surface area contributed by atoms with Crippen molar-refractivity contribution in [3.05, 3.63) is 36.0 Å². The Morgan fingerprint density at radius 2 is 2.29 bits per heavy atom. The van der Waals surface area contributed by atoms with Gasteiger partial charge in [0.25, 0.3) is 0 Å². The standard InChI is InChI=1S/C11H13NO2/c1-9(13)12-7-6-10-4-3-5-11(8-10)14-2/h3-8H,1-2H3,(H,12,13)/b7-6+. The van der Waals surface area contributed by atoms with Gasteiger partial charge in [0.2, 0.25) is 5.91 Å². The number of ether oxygens (including phenoxy) is 1. The first-order valence-electron chi connectivity index (χ1n) is 4.30. The number of hydrogen-bond donors (Lipinski definition) is 1. The van der Waals surface area contributed by atoms with Gasteiger partial charge in [-0.25, -0.2) is 0 Å². The predicted molar refractivity (Wildman–Crippen MR) is 55.8 cm³/mol. The lowest BCUT2D eigenvalue weighted by Crippen LogP contribution is -2.10. The van der Waals surface area contributed by atoms with Gasteiger partial charge in [0.1, 0.15) is 5.75 Å². The Kier molecular flexibility index (Phi) is 3.73. The van der Waals surface area contributed by atoms with Crippen LogP contribution in [0, 0.1) is 0 Å². The third kappa shape index (κ3) is 3.31. The highest BCUT2D eigenvalue weighted by atomic mass is 16.5. The molecule has 1 aromatic rings. The van der Waals surface area contributed by atoms with Crippen LogP contribution in [0.2, 0.25) is 0 Å². The lowest BCUT2D eigenvalue weighted by molar-refractivity contribution is -0.118. The number of nitrogens with one attached hydrogen (secondary N) is 1. The Morgan fingerprint density at radius 1 is 1.50 bits per heavy atom. The predicted octanol–water partition coefficient (Wildman–Crippen LogP) is 1.80. The first-order valence-corrected chi connectivity index (χ1v) is 4.30. The summed E-state index contributed by atoms with van der Waals surface area (Å²) in [6.07, 6.45) is 3.42. The van der Waals surface area contributed by atoms with Crippen molar-refractivity contribution in [2.75, 3.05) is 7.11 Å². The van der Waals surface area contributed by atoms with E-state index < -0.39 is 0 Å². The number of carbonyl (C=O) groups is 1. The number of rotatable bonds is 3. The van der Waals surface area contributed by atoms with Gasteiger partial charge in [0.05, 0.1) is 7.11 Å². The zero-order valence-corrected chi connectivity index (χ0v) is 8.28. The smallest absolute Gasteiger partial charge is 0.220 e. The van der Waals surface area contributed by atoms with Crippen LogP contribution in [0.5, 0.6) is 5.75 Å². The molecule has 0 unspecified atom stereocenters. The zero-order valence-electron chi connectivity index (χ0n) is 8.28. The van der Waals surface area contributed by atoms with Crippen molar-refractivity contribution in [1.82, 2.24) is 5.32 Å². The van der Waals surface area contributed by atoms with Gasteiger partial charge in [-0.2, -0.15) is 0 Å². The fourth-order valence-electron chi connectivity index (χ4n) is 1.00. The number of benzene rings is 1. The largest absolute Gasteiger partial charge is 0.497 e. The second kappa shape index (κ2) is 5.07. The average Bonchev–Trinajstić information content (AvgIpc) is 2.18. The van der Waals surface area contributed by atoms with Crippen LogP contribution >= 0.6 is 0 Å². The van der Waals surface area contributed by atoms with Gasteiger partial charge in [0, 0.05) is 13.1 Å². The van der Waals surface area contributed by atoms with Crippen LogP contribution in [-0.4, -0.2) is 13.0 Å². The molecule has 1 aromatic carbocycles. The second-order valence-electron chi connectivity index (χ2n) is 2.81. The molecule has 0 bridgehead atoms. The molecule has 0 spiro atoms. The zero-order chi connectivity index (χ0) is 10.4. The lowest BCUT2D eigenvalue weighted by Gasteiger charge is -1.99. The highest BCUT2D eigenvalue weighted by molar-refractivity contribution is 5.75. The minimum atomic E-state index is -0.0795. The Morgan fingerprint density at radius 3 is 2.93 bits per heavy atom. The molecule has 14 heavy (non-hydrogen) atoms. The van der Waals surface area contributed by atoms with E-state index in [9.17, 15) is 4.79 Å². The molecule has 0 aliphatic carbocycles. The van der Waals surface area contributed by atoms with Crippen LogP contribution in [0.25, 0.3) is 6.08 Å². The number of hydrogen-bond acceptors (Lipinski definition) is 2. The maximum absolute atomic E-state index is 10.6. The molecule has 0 aromatic heterocycles. The van der Waals surface area contributed by atoms with E-state index >= 15 is 0 Å². The highest BCUT2D eigenvalue weighted by Gasteiger charge is 1.91. The van der Waals surface area contributed by atoms with Gasteiger partial charge in [0.15, 0.2) is 0 Å². The van der Waals surface area contributed by atoms with Crippen molar-refractivity contribution in [3.63, 3.8) is 0 Å². The van der Waals surface area contributed by atoms with Crippen molar-refractivity contribution in [2.45, 2.75) is 6.92 Å². The van der Waals surface area contributed by atoms with Crippen LogP contribution in [0.4, 0.5) is 0 Å². The van der Waals surface area contributed by atoms with Crippen LogP contribution in [0.1, 0.15) is 12.5 Å². The van der Waals surface area contributed by atoms with E-state index in [1.54, 1.807) is 13.3 Å². The van der Waals surface area contributed by atoms with Gasteiger partial charge in [-0.3, -0.25) is 4.79 Å². The van der Waals surface area contributed by atoms with Crippen molar-refractivity contribution in [2.24, 2.45) is 0 Å². The fraction of sp³-hybridized carbons (Fsp3) is 0.182. The molecule has 0 saturated heterocycles. The normalized spacial score (nSPS) is 10.1. The number of carbonyl (C=O) groups excluding carboxylic acids is 1. The molecule has 0 aliphatic rings. The van der Waals surface area contributed by atoms with E-state index in [0.717, 1.165) is 11.3 Å². The van der Waals surface area contributed by atoms with E-state index in [1.807, 2.05) is 30.3 Å². The van der Waals surface area contributed by atoms with Crippen LogP contribution in [0.3, 0.4) is 0 Å². The second-order valence-corrected chi connectivity index (χ2v) is 2.81. The Bertz CT molecular complexity index is 345. The Labute approximate surface area is 83.4 Å². The summed E-state index contributed by atoms with van der Waals surface area (Å²) in [6.45, 7) is 1.47. The molecule has 0 heterocycles. The molecule has 1 amide bonds. The van der Waals surface area contributed by atoms with E-state index in [4.69, 9.17) is 4.74 Å². The van der Waals surface area contributed by atoms with E-state index in [-0.39, 0.29) is 5.91 Å². The SMILES string of the molecule is COc1cccc(/C=C/NC(C)=O)c1. The van der Waals surface area contributed by atoms with Crippen LogP contribution in [-0.2, 0) is 4.79 Å².